The Kier molecular flexibility index (Phi) is 3.63. The first-order chi connectivity index (χ1) is 10.6. The predicted octanol–water partition coefficient (Wildman–Crippen LogP) is 3.65. The zero-order valence-electron chi connectivity index (χ0n) is 12.1. The summed E-state index contributed by atoms with van der Waals surface area (Å²) in [6.45, 7) is 0. The normalized spacial score (nSPS) is 19.5. The third-order valence-electron chi connectivity index (χ3n) is 4.07. The zero-order chi connectivity index (χ0) is 15.7. The molecule has 5 heteroatoms. The summed E-state index contributed by atoms with van der Waals surface area (Å²) in [4.78, 5) is 22.7. The van der Waals surface area contributed by atoms with Crippen LogP contribution in [0.2, 0.25) is 0 Å². The minimum Gasteiger partial charge on any atom is -0.465 e. The second-order valence-corrected chi connectivity index (χ2v) is 5.35. The Hall–Kier alpha value is -2.69. The van der Waals surface area contributed by atoms with Crippen LogP contribution < -0.4 is 0 Å². The van der Waals surface area contributed by atoms with Crippen molar-refractivity contribution < 1.29 is 14.5 Å². The molecule has 2 aromatic carbocycles. The molecule has 0 heterocycles. The highest BCUT2D eigenvalue weighted by molar-refractivity contribution is 5.94. The van der Waals surface area contributed by atoms with Crippen molar-refractivity contribution in [1.29, 1.82) is 0 Å². The van der Waals surface area contributed by atoms with Crippen molar-refractivity contribution in [2.75, 3.05) is 7.11 Å². The van der Waals surface area contributed by atoms with E-state index in [1.165, 1.54) is 18.7 Å². The van der Waals surface area contributed by atoms with Crippen molar-refractivity contribution >= 4 is 11.7 Å². The van der Waals surface area contributed by atoms with Crippen molar-refractivity contribution in [3.8, 4) is 0 Å². The van der Waals surface area contributed by atoms with Crippen LogP contribution in [0.5, 0.6) is 0 Å². The second kappa shape index (κ2) is 5.60. The fourth-order valence-corrected chi connectivity index (χ4v) is 2.95. The number of carbonyl (C=O) groups excluding carboxylic acids is 1. The Morgan fingerprint density at radius 3 is 2.50 bits per heavy atom. The SMILES string of the molecule is COC(=O)c1cccc(C2CC2c2ccccc2)c1[N+](=O)[O-]. The Morgan fingerprint density at radius 1 is 1.14 bits per heavy atom. The topological polar surface area (TPSA) is 69.4 Å². The summed E-state index contributed by atoms with van der Waals surface area (Å²) in [5.41, 5.74) is 1.67. The highest BCUT2D eigenvalue weighted by atomic mass is 16.6. The molecule has 1 fully saturated rings. The molecule has 3 rings (SSSR count). The van der Waals surface area contributed by atoms with Crippen LogP contribution in [-0.4, -0.2) is 18.0 Å². The van der Waals surface area contributed by atoms with Gasteiger partial charge in [-0.2, -0.15) is 0 Å². The Labute approximate surface area is 127 Å². The molecule has 1 saturated carbocycles. The number of para-hydroxylation sites is 1. The lowest BCUT2D eigenvalue weighted by atomic mass is 10.00. The summed E-state index contributed by atoms with van der Waals surface area (Å²) in [5.74, 6) is -0.328. The van der Waals surface area contributed by atoms with Gasteiger partial charge in [0.15, 0.2) is 0 Å². The monoisotopic (exact) mass is 297 g/mol. The number of hydrogen-bond donors (Lipinski definition) is 0. The maximum atomic E-state index is 11.8. The average molecular weight is 297 g/mol. The van der Waals surface area contributed by atoms with Gasteiger partial charge in [0.1, 0.15) is 5.56 Å². The van der Waals surface area contributed by atoms with Crippen molar-refractivity contribution in [3.63, 3.8) is 0 Å². The summed E-state index contributed by atoms with van der Waals surface area (Å²) < 4.78 is 4.65. The average Bonchev–Trinajstić information content (AvgIpc) is 3.34. The van der Waals surface area contributed by atoms with Crippen molar-refractivity contribution in [2.24, 2.45) is 0 Å². The van der Waals surface area contributed by atoms with Crippen LogP contribution in [0.1, 0.15) is 39.7 Å². The van der Waals surface area contributed by atoms with Gasteiger partial charge in [-0.15, -0.1) is 0 Å². The molecule has 2 unspecified atom stereocenters. The Morgan fingerprint density at radius 2 is 1.86 bits per heavy atom. The minimum absolute atomic E-state index is 0.0173. The molecule has 0 N–H and O–H groups in total. The van der Waals surface area contributed by atoms with Gasteiger partial charge in [-0.05, 0) is 29.9 Å². The summed E-state index contributed by atoms with van der Waals surface area (Å²) in [6.07, 6.45) is 0.857. The molecule has 0 bridgehead atoms. The van der Waals surface area contributed by atoms with Crippen molar-refractivity contribution in [1.82, 2.24) is 0 Å². The number of nitro benzene ring substituents is 1. The minimum atomic E-state index is -0.675. The molecule has 22 heavy (non-hydrogen) atoms. The number of hydrogen-bond acceptors (Lipinski definition) is 4. The molecule has 0 saturated heterocycles. The molecule has 0 aliphatic heterocycles. The van der Waals surface area contributed by atoms with Gasteiger partial charge in [-0.25, -0.2) is 4.79 Å². The molecule has 2 atom stereocenters. The van der Waals surface area contributed by atoms with Gasteiger partial charge in [-0.1, -0.05) is 42.5 Å². The highest BCUT2D eigenvalue weighted by Gasteiger charge is 2.44. The zero-order valence-corrected chi connectivity index (χ0v) is 12.1. The van der Waals surface area contributed by atoms with Crippen LogP contribution in [-0.2, 0) is 4.74 Å². The number of ether oxygens (including phenoxy) is 1. The van der Waals surface area contributed by atoms with E-state index >= 15 is 0 Å². The first-order valence-electron chi connectivity index (χ1n) is 7.04. The number of carbonyl (C=O) groups is 1. The van der Waals surface area contributed by atoms with Crippen LogP contribution in [0, 0.1) is 10.1 Å². The molecule has 1 aliphatic rings. The van der Waals surface area contributed by atoms with Crippen LogP contribution in [0.4, 0.5) is 5.69 Å². The fraction of sp³-hybridized carbons (Fsp3) is 0.235. The molecule has 112 valence electrons. The molecule has 0 aromatic heterocycles. The molecule has 0 spiro atoms. The predicted molar refractivity (Wildman–Crippen MR) is 81.0 cm³/mol. The van der Waals surface area contributed by atoms with Gasteiger partial charge < -0.3 is 4.74 Å². The van der Waals surface area contributed by atoms with Gasteiger partial charge in [0.2, 0.25) is 0 Å². The summed E-state index contributed by atoms with van der Waals surface area (Å²) in [6, 6.07) is 14.8. The van der Waals surface area contributed by atoms with Crippen LogP contribution in [0.25, 0.3) is 0 Å². The van der Waals surface area contributed by atoms with Crippen LogP contribution >= 0.6 is 0 Å². The Bertz CT molecular complexity index is 727. The number of methoxy groups -OCH3 is 1. The van der Waals surface area contributed by atoms with Gasteiger partial charge >= 0.3 is 5.97 Å². The maximum absolute atomic E-state index is 11.8. The molecule has 1 aliphatic carbocycles. The van der Waals surface area contributed by atoms with E-state index in [-0.39, 0.29) is 23.1 Å². The van der Waals surface area contributed by atoms with E-state index in [1.807, 2.05) is 30.3 Å². The number of esters is 1. The first-order valence-corrected chi connectivity index (χ1v) is 7.04. The van der Waals surface area contributed by atoms with E-state index in [2.05, 4.69) is 4.74 Å². The van der Waals surface area contributed by atoms with Gasteiger partial charge in [0.25, 0.3) is 5.69 Å². The molecule has 0 radical (unpaired) electrons. The smallest absolute Gasteiger partial charge is 0.344 e. The van der Waals surface area contributed by atoms with E-state index in [4.69, 9.17) is 0 Å². The highest BCUT2D eigenvalue weighted by Crippen LogP contribution is 2.56. The third-order valence-corrected chi connectivity index (χ3v) is 4.07. The second-order valence-electron chi connectivity index (χ2n) is 5.35. The Balaban J connectivity index is 1.99. The number of benzene rings is 2. The van der Waals surface area contributed by atoms with Crippen LogP contribution in [0.15, 0.2) is 48.5 Å². The van der Waals surface area contributed by atoms with E-state index in [0.29, 0.717) is 5.56 Å². The van der Waals surface area contributed by atoms with E-state index < -0.39 is 10.9 Å². The van der Waals surface area contributed by atoms with Crippen LogP contribution in [0.3, 0.4) is 0 Å². The molecular formula is C17H15NO4. The fourth-order valence-electron chi connectivity index (χ4n) is 2.95. The van der Waals surface area contributed by atoms with Crippen molar-refractivity contribution in [3.05, 3.63) is 75.3 Å². The first kappa shape index (κ1) is 14.3. The molecule has 0 amide bonds. The largest absolute Gasteiger partial charge is 0.465 e. The third kappa shape index (κ3) is 2.45. The lowest BCUT2D eigenvalue weighted by Crippen LogP contribution is -2.07. The van der Waals surface area contributed by atoms with E-state index in [9.17, 15) is 14.9 Å². The summed E-state index contributed by atoms with van der Waals surface area (Å²) >= 11 is 0. The number of rotatable bonds is 4. The van der Waals surface area contributed by atoms with E-state index in [0.717, 1.165) is 6.42 Å². The lowest BCUT2D eigenvalue weighted by Gasteiger charge is -2.07. The van der Waals surface area contributed by atoms with Crippen molar-refractivity contribution in [2.45, 2.75) is 18.3 Å². The van der Waals surface area contributed by atoms with Gasteiger partial charge in [0, 0.05) is 5.56 Å². The quantitative estimate of drug-likeness (QED) is 0.490. The number of nitrogens with zero attached hydrogens (tertiary/aromatic N) is 1. The standard InChI is InChI=1S/C17H15NO4/c1-22-17(19)13-9-5-8-12(16(13)18(20)21)15-10-14(15)11-6-3-2-4-7-11/h2-9,14-15H,10H2,1H3. The lowest BCUT2D eigenvalue weighted by molar-refractivity contribution is -0.385. The molecule has 2 aromatic rings. The number of nitro groups is 1. The maximum Gasteiger partial charge on any atom is 0.344 e. The molecular weight excluding hydrogens is 282 g/mol. The van der Waals surface area contributed by atoms with E-state index in [1.54, 1.807) is 12.1 Å². The summed E-state index contributed by atoms with van der Waals surface area (Å²) in [5, 5.41) is 11.4. The van der Waals surface area contributed by atoms with Gasteiger partial charge in [-0.3, -0.25) is 10.1 Å². The summed E-state index contributed by atoms with van der Waals surface area (Å²) in [7, 11) is 1.22. The molecule has 5 nitrogen and oxygen atoms in total. The van der Waals surface area contributed by atoms with Gasteiger partial charge in [0.05, 0.1) is 12.0 Å².